The highest BCUT2D eigenvalue weighted by atomic mass is 16.4. The van der Waals surface area contributed by atoms with Crippen LogP contribution in [0.15, 0.2) is 48.8 Å². The zero-order valence-electron chi connectivity index (χ0n) is 11.5. The van der Waals surface area contributed by atoms with E-state index in [0.29, 0.717) is 5.69 Å². The molecule has 0 aliphatic heterocycles. The van der Waals surface area contributed by atoms with Crippen LogP contribution in [0.5, 0.6) is 0 Å². The summed E-state index contributed by atoms with van der Waals surface area (Å²) in [5, 5.41) is 1.04. The molecule has 3 aromatic rings. The van der Waals surface area contributed by atoms with E-state index in [-0.39, 0.29) is 0 Å². The smallest absolute Gasteiger partial charge is 0.166 e. The number of pyridine rings is 1. The van der Waals surface area contributed by atoms with E-state index in [1.807, 2.05) is 42.6 Å². The summed E-state index contributed by atoms with van der Waals surface area (Å²) in [4.78, 5) is 17.9. The van der Waals surface area contributed by atoms with Gasteiger partial charge in [-0.25, -0.2) is 0 Å². The summed E-state index contributed by atoms with van der Waals surface area (Å²) in [5.74, 6) is 0. The summed E-state index contributed by atoms with van der Waals surface area (Å²) in [6, 6.07) is 11.8. The van der Waals surface area contributed by atoms with Gasteiger partial charge in [0, 0.05) is 43.1 Å². The fourth-order valence-electron chi connectivity index (χ4n) is 1.93. The number of carbonyl (C=O) groups excluding carboxylic acids is 1. The zero-order valence-corrected chi connectivity index (χ0v) is 11.5. The molecule has 0 spiro atoms. The lowest BCUT2D eigenvalue weighted by atomic mass is 10.1. The van der Waals surface area contributed by atoms with Crippen molar-refractivity contribution in [2.75, 3.05) is 14.2 Å². The quantitative estimate of drug-likeness (QED) is 0.725. The third-order valence-electron chi connectivity index (χ3n) is 2.77. The maximum Gasteiger partial charge on any atom is 0.166 e. The van der Waals surface area contributed by atoms with Gasteiger partial charge < -0.3 is 9.72 Å². The molecule has 3 rings (SSSR count). The average Bonchev–Trinajstić information content (AvgIpc) is 2.91. The van der Waals surface area contributed by atoms with Crippen molar-refractivity contribution in [1.82, 2.24) is 9.97 Å². The van der Waals surface area contributed by atoms with Crippen molar-refractivity contribution >= 4 is 17.2 Å². The van der Waals surface area contributed by atoms with Crippen LogP contribution in [0, 0.1) is 0 Å². The highest BCUT2D eigenvalue weighted by molar-refractivity contribution is 5.90. The number of H-pyrrole nitrogens is 1. The molecule has 0 aliphatic rings. The minimum atomic E-state index is 0.600. The Balaban J connectivity index is 0.000000452. The molecular weight excluding hydrogens is 252 g/mol. The van der Waals surface area contributed by atoms with Gasteiger partial charge in [0.15, 0.2) is 6.29 Å². The second kappa shape index (κ2) is 6.63. The van der Waals surface area contributed by atoms with Crippen molar-refractivity contribution < 1.29 is 9.53 Å². The lowest BCUT2D eigenvalue weighted by Gasteiger charge is -2.00. The third-order valence-corrected chi connectivity index (χ3v) is 2.77. The van der Waals surface area contributed by atoms with E-state index in [1.165, 1.54) is 0 Å². The first-order valence-electron chi connectivity index (χ1n) is 6.17. The van der Waals surface area contributed by atoms with Crippen molar-refractivity contribution in [3.63, 3.8) is 0 Å². The lowest BCUT2D eigenvalue weighted by molar-refractivity contribution is 0.112. The monoisotopic (exact) mass is 268 g/mol. The maximum atomic E-state index is 10.7. The summed E-state index contributed by atoms with van der Waals surface area (Å²) in [6.45, 7) is 0. The Labute approximate surface area is 117 Å². The van der Waals surface area contributed by atoms with Crippen LogP contribution in [0.25, 0.3) is 22.0 Å². The molecule has 102 valence electrons. The highest BCUT2D eigenvalue weighted by Crippen LogP contribution is 2.23. The second-order valence-electron chi connectivity index (χ2n) is 4.29. The van der Waals surface area contributed by atoms with Crippen molar-refractivity contribution in [1.29, 1.82) is 0 Å². The number of hydrogen-bond acceptors (Lipinski definition) is 3. The van der Waals surface area contributed by atoms with Crippen LogP contribution in [0.4, 0.5) is 0 Å². The standard InChI is InChI=1S/C14H10N2O.C2H6O/c17-9-13-6-11-4-3-10(7-14(11)16-13)12-2-1-5-15-8-12;1-3-2/h1-9,16H;1-2H3. The number of aromatic nitrogens is 2. The Morgan fingerprint density at radius 3 is 2.60 bits per heavy atom. The van der Waals surface area contributed by atoms with Gasteiger partial charge in [0.05, 0.1) is 5.69 Å². The van der Waals surface area contributed by atoms with E-state index in [4.69, 9.17) is 0 Å². The Morgan fingerprint density at radius 2 is 1.95 bits per heavy atom. The number of aldehydes is 1. The van der Waals surface area contributed by atoms with E-state index >= 15 is 0 Å². The molecule has 2 heterocycles. The van der Waals surface area contributed by atoms with Gasteiger partial charge in [-0.3, -0.25) is 9.78 Å². The van der Waals surface area contributed by atoms with Crippen molar-refractivity contribution in [3.05, 3.63) is 54.5 Å². The van der Waals surface area contributed by atoms with Crippen LogP contribution in [0.2, 0.25) is 0 Å². The maximum absolute atomic E-state index is 10.7. The summed E-state index contributed by atoms with van der Waals surface area (Å²) in [5.41, 5.74) is 3.72. The largest absolute Gasteiger partial charge is 0.388 e. The number of nitrogens with zero attached hydrogens (tertiary/aromatic N) is 1. The number of ether oxygens (including phenoxy) is 1. The van der Waals surface area contributed by atoms with Crippen LogP contribution in [0.3, 0.4) is 0 Å². The van der Waals surface area contributed by atoms with E-state index < -0.39 is 0 Å². The van der Waals surface area contributed by atoms with Gasteiger partial charge in [-0.05, 0) is 23.8 Å². The Morgan fingerprint density at radius 1 is 1.15 bits per heavy atom. The normalized spacial score (nSPS) is 9.90. The molecule has 20 heavy (non-hydrogen) atoms. The molecule has 2 aromatic heterocycles. The molecule has 4 nitrogen and oxygen atoms in total. The minimum absolute atomic E-state index is 0.600. The zero-order chi connectivity index (χ0) is 14.4. The van der Waals surface area contributed by atoms with E-state index in [2.05, 4.69) is 14.7 Å². The average molecular weight is 268 g/mol. The summed E-state index contributed by atoms with van der Waals surface area (Å²) >= 11 is 0. The van der Waals surface area contributed by atoms with Crippen molar-refractivity contribution in [2.24, 2.45) is 0 Å². The molecule has 0 atom stereocenters. The van der Waals surface area contributed by atoms with Gasteiger partial charge in [0.25, 0.3) is 0 Å². The van der Waals surface area contributed by atoms with E-state index in [9.17, 15) is 4.79 Å². The Hall–Kier alpha value is -2.46. The number of methoxy groups -OCH3 is 1. The first-order chi connectivity index (χ1) is 9.78. The first kappa shape index (κ1) is 14.0. The number of rotatable bonds is 2. The molecule has 0 radical (unpaired) electrons. The summed E-state index contributed by atoms with van der Waals surface area (Å²) in [6.07, 6.45) is 4.40. The number of aromatic amines is 1. The molecule has 0 unspecified atom stereocenters. The lowest BCUT2D eigenvalue weighted by Crippen LogP contribution is -1.79. The van der Waals surface area contributed by atoms with Crippen LogP contribution >= 0.6 is 0 Å². The van der Waals surface area contributed by atoms with E-state index in [0.717, 1.165) is 28.3 Å². The molecule has 0 bridgehead atoms. The van der Waals surface area contributed by atoms with Gasteiger partial charge in [0.2, 0.25) is 0 Å². The number of nitrogens with one attached hydrogen (secondary N) is 1. The molecule has 1 N–H and O–H groups in total. The number of hydrogen-bond donors (Lipinski definition) is 1. The van der Waals surface area contributed by atoms with Crippen LogP contribution in [0.1, 0.15) is 10.5 Å². The molecule has 4 heteroatoms. The van der Waals surface area contributed by atoms with Crippen molar-refractivity contribution in [3.8, 4) is 11.1 Å². The summed E-state index contributed by atoms with van der Waals surface area (Å²) in [7, 11) is 3.25. The molecule has 0 aliphatic carbocycles. The fraction of sp³-hybridized carbons (Fsp3) is 0.125. The Bertz CT molecular complexity index is 690. The van der Waals surface area contributed by atoms with Gasteiger partial charge in [0.1, 0.15) is 0 Å². The SMILES string of the molecule is COC.O=Cc1cc2ccc(-c3cccnc3)cc2[nH]1. The minimum Gasteiger partial charge on any atom is -0.388 e. The molecule has 0 amide bonds. The van der Waals surface area contributed by atoms with Gasteiger partial charge in [-0.1, -0.05) is 18.2 Å². The van der Waals surface area contributed by atoms with Crippen LogP contribution < -0.4 is 0 Å². The number of benzene rings is 1. The molecule has 1 aromatic carbocycles. The van der Waals surface area contributed by atoms with Gasteiger partial charge >= 0.3 is 0 Å². The summed E-state index contributed by atoms with van der Waals surface area (Å²) < 4.78 is 4.25. The van der Waals surface area contributed by atoms with E-state index in [1.54, 1.807) is 20.4 Å². The van der Waals surface area contributed by atoms with Crippen LogP contribution in [-0.2, 0) is 4.74 Å². The first-order valence-corrected chi connectivity index (χ1v) is 6.17. The predicted molar refractivity (Wildman–Crippen MR) is 79.9 cm³/mol. The van der Waals surface area contributed by atoms with Crippen LogP contribution in [-0.4, -0.2) is 30.5 Å². The topological polar surface area (TPSA) is 55.0 Å². The van der Waals surface area contributed by atoms with Gasteiger partial charge in [-0.15, -0.1) is 0 Å². The van der Waals surface area contributed by atoms with Crippen molar-refractivity contribution in [2.45, 2.75) is 0 Å². The molecule has 0 saturated carbocycles. The second-order valence-corrected chi connectivity index (χ2v) is 4.29. The number of carbonyl (C=O) groups is 1. The Kier molecular flexibility index (Phi) is 4.63. The fourth-order valence-corrected chi connectivity index (χ4v) is 1.93. The molecular formula is C16H16N2O2. The predicted octanol–water partition coefficient (Wildman–Crippen LogP) is 3.31. The molecule has 0 saturated heterocycles. The van der Waals surface area contributed by atoms with Gasteiger partial charge in [-0.2, -0.15) is 0 Å². The number of fused-ring (bicyclic) bond motifs is 1. The molecule has 0 fully saturated rings. The highest BCUT2D eigenvalue weighted by Gasteiger charge is 2.02. The third kappa shape index (κ3) is 3.10.